The number of hydrogen-bond acceptors (Lipinski definition) is 6. The number of benzene rings is 2. The molecule has 0 fully saturated rings. The van der Waals surface area contributed by atoms with E-state index >= 15 is 0 Å². The molecule has 2 aromatic rings. The Bertz CT molecular complexity index is 903. The third-order valence-electron chi connectivity index (χ3n) is 4.04. The summed E-state index contributed by atoms with van der Waals surface area (Å²) in [6, 6.07) is 16.0. The fraction of sp³-hybridized carbons (Fsp3) is 0.364. The van der Waals surface area contributed by atoms with Crippen LogP contribution in [0.1, 0.15) is 49.9 Å². The molecular formula is C22H25BrN2O4. The predicted molar refractivity (Wildman–Crippen MR) is 116 cm³/mol. The molecule has 0 aromatic heterocycles. The molecule has 7 heteroatoms. The van der Waals surface area contributed by atoms with Gasteiger partial charge in [-0.1, -0.05) is 45.8 Å². The summed E-state index contributed by atoms with van der Waals surface area (Å²) in [6.45, 7) is 9.36. The molecule has 0 N–H and O–H groups in total. The lowest BCUT2D eigenvalue weighted by Gasteiger charge is -2.14. The van der Waals surface area contributed by atoms with Crippen LogP contribution in [0.5, 0.6) is 0 Å². The molecule has 0 aliphatic carbocycles. The maximum atomic E-state index is 5.52. The lowest BCUT2D eigenvalue weighted by Crippen LogP contribution is -2.22. The maximum Gasteiger partial charge on any atom is 0.271 e. The summed E-state index contributed by atoms with van der Waals surface area (Å²) in [5, 5.41) is 8.63. The second-order valence-electron chi connectivity index (χ2n) is 7.68. The molecular weight excluding hydrogens is 436 g/mol. The van der Waals surface area contributed by atoms with Crippen molar-refractivity contribution in [3.63, 3.8) is 0 Å². The van der Waals surface area contributed by atoms with Crippen LogP contribution in [-0.2, 0) is 24.5 Å². The van der Waals surface area contributed by atoms with Gasteiger partial charge in [-0.3, -0.25) is 0 Å². The zero-order valence-corrected chi connectivity index (χ0v) is 18.8. The minimum atomic E-state index is -0.649. The van der Waals surface area contributed by atoms with Gasteiger partial charge in [0, 0.05) is 44.2 Å². The third-order valence-corrected chi connectivity index (χ3v) is 4.68. The van der Waals surface area contributed by atoms with Gasteiger partial charge in [0.2, 0.25) is 0 Å². The largest absolute Gasteiger partial charge is 0.431 e. The Balaban J connectivity index is 0.000000166. The first-order valence-electron chi connectivity index (χ1n) is 9.30. The summed E-state index contributed by atoms with van der Waals surface area (Å²) in [7, 11) is 0. The maximum absolute atomic E-state index is 5.52. The molecule has 6 nitrogen and oxygen atoms in total. The van der Waals surface area contributed by atoms with Crippen molar-refractivity contribution in [3.05, 3.63) is 70.8 Å². The highest BCUT2D eigenvalue weighted by atomic mass is 79.9. The number of hydrogen-bond donors (Lipinski definition) is 0. The van der Waals surface area contributed by atoms with Gasteiger partial charge in [0.15, 0.2) is 0 Å². The first kappa shape index (κ1) is 21.2. The van der Waals surface area contributed by atoms with Crippen molar-refractivity contribution in [2.24, 2.45) is 10.3 Å². The second-order valence-corrected chi connectivity index (χ2v) is 8.24. The lowest BCUT2D eigenvalue weighted by molar-refractivity contribution is -0.129. The molecule has 2 aliphatic heterocycles. The standard InChI is InChI=1S/C11H12BrNO2.C11H13NO2/c1-11(2)14-10(13-15-11)9-5-3-8(7-12)4-6-9;1-8-4-6-9(7-5-8)10-12-14-11(2,3)13-10/h3-6H,7H2,1-2H3;4-7H,1-3H3. The summed E-state index contributed by atoms with van der Waals surface area (Å²) < 4.78 is 11.0. The quantitative estimate of drug-likeness (QED) is 0.569. The van der Waals surface area contributed by atoms with Crippen LogP contribution in [0.4, 0.5) is 0 Å². The van der Waals surface area contributed by atoms with Crippen LogP contribution in [-0.4, -0.2) is 23.4 Å². The highest BCUT2D eigenvalue weighted by Gasteiger charge is 2.31. The van der Waals surface area contributed by atoms with Crippen LogP contribution in [0.25, 0.3) is 0 Å². The first-order chi connectivity index (χ1) is 13.7. The van der Waals surface area contributed by atoms with Crippen LogP contribution >= 0.6 is 15.9 Å². The minimum Gasteiger partial charge on any atom is -0.431 e. The van der Waals surface area contributed by atoms with Crippen LogP contribution in [0.2, 0.25) is 0 Å². The number of alkyl halides is 1. The van der Waals surface area contributed by atoms with Gasteiger partial charge in [-0.05, 0) is 47.1 Å². The fourth-order valence-corrected chi connectivity index (χ4v) is 2.87. The number of rotatable bonds is 3. The Labute approximate surface area is 179 Å². The number of aryl methyl sites for hydroxylation is 1. The van der Waals surface area contributed by atoms with E-state index < -0.39 is 11.6 Å². The van der Waals surface area contributed by atoms with E-state index in [1.165, 1.54) is 11.1 Å². The van der Waals surface area contributed by atoms with Crippen LogP contribution < -0.4 is 0 Å². The Morgan fingerprint density at radius 2 is 1.14 bits per heavy atom. The van der Waals surface area contributed by atoms with Crippen LogP contribution in [0.3, 0.4) is 0 Å². The third kappa shape index (κ3) is 5.73. The zero-order chi connectivity index (χ0) is 21.1. The summed E-state index contributed by atoms with van der Waals surface area (Å²) in [6.07, 6.45) is 0. The van der Waals surface area contributed by atoms with Gasteiger partial charge in [-0.15, -0.1) is 0 Å². The fourth-order valence-electron chi connectivity index (χ4n) is 2.50. The van der Waals surface area contributed by atoms with E-state index in [2.05, 4.69) is 26.2 Å². The van der Waals surface area contributed by atoms with E-state index in [-0.39, 0.29) is 0 Å². The van der Waals surface area contributed by atoms with Gasteiger partial charge in [0.25, 0.3) is 23.4 Å². The van der Waals surface area contributed by atoms with Crippen molar-refractivity contribution >= 4 is 27.7 Å². The normalized spacial score (nSPS) is 18.1. The first-order valence-corrected chi connectivity index (χ1v) is 10.4. The highest BCUT2D eigenvalue weighted by molar-refractivity contribution is 9.08. The van der Waals surface area contributed by atoms with Gasteiger partial charge in [0.05, 0.1) is 0 Å². The van der Waals surface area contributed by atoms with Crippen molar-refractivity contribution in [2.75, 3.05) is 0 Å². The van der Waals surface area contributed by atoms with Crippen molar-refractivity contribution in [1.82, 2.24) is 0 Å². The van der Waals surface area contributed by atoms with E-state index in [1.807, 2.05) is 83.1 Å². The van der Waals surface area contributed by atoms with Gasteiger partial charge in [0.1, 0.15) is 0 Å². The minimum absolute atomic E-state index is 0.543. The van der Waals surface area contributed by atoms with Gasteiger partial charge in [-0.25, -0.2) is 0 Å². The molecule has 0 unspecified atom stereocenters. The van der Waals surface area contributed by atoms with Crippen molar-refractivity contribution in [2.45, 2.75) is 51.5 Å². The molecule has 2 aliphatic rings. The summed E-state index contributed by atoms with van der Waals surface area (Å²) in [5.41, 5.74) is 4.32. The van der Waals surface area contributed by atoms with E-state index in [0.29, 0.717) is 11.8 Å². The highest BCUT2D eigenvalue weighted by Crippen LogP contribution is 2.23. The smallest absolute Gasteiger partial charge is 0.271 e. The van der Waals surface area contributed by atoms with Crippen molar-refractivity contribution in [1.29, 1.82) is 0 Å². The molecule has 0 saturated heterocycles. The SMILES string of the molecule is CC1(C)ON=C(c2ccc(CBr)cc2)O1.Cc1ccc(C2=NOC(C)(C)O2)cc1. The van der Waals surface area contributed by atoms with Gasteiger partial charge < -0.3 is 19.1 Å². The molecule has 2 aromatic carbocycles. The van der Waals surface area contributed by atoms with E-state index in [9.17, 15) is 0 Å². The topological polar surface area (TPSA) is 61.6 Å². The van der Waals surface area contributed by atoms with Crippen molar-refractivity contribution in [3.8, 4) is 0 Å². The van der Waals surface area contributed by atoms with Crippen LogP contribution in [0, 0.1) is 6.92 Å². The summed E-state index contributed by atoms with van der Waals surface area (Å²) >= 11 is 3.40. The zero-order valence-electron chi connectivity index (χ0n) is 17.2. The Morgan fingerprint density at radius 3 is 1.48 bits per heavy atom. The number of nitrogens with zero attached hydrogens (tertiary/aromatic N) is 2. The predicted octanol–water partition coefficient (Wildman–Crippen LogP) is 5.47. The summed E-state index contributed by atoms with van der Waals surface area (Å²) in [5.74, 6) is -0.194. The Hall–Kier alpha value is -2.54. The molecule has 0 amide bonds. The van der Waals surface area contributed by atoms with Crippen LogP contribution in [0.15, 0.2) is 58.8 Å². The Morgan fingerprint density at radius 1 is 0.724 bits per heavy atom. The van der Waals surface area contributed by atoms with E-state index in [1.54, 1.807) is 0 Å². The second kappa shape index (κ2) is 8.45. The molecule has 2 heterocycles. The summed E-state index contributed by atoms with van der Waals surface area (Å²) in [4.78, 5) is 10.2. The molecule has 0 atom stereocenters. The molecule has 4 rings (SSSR count). The van der Waals surface area contributed by atoms with Gasteiger partial charge in [-0.2, -0.15) is 0 Å². The molecule has 154 valence electrons. The van der Waals surface area contributed by atoms with E-state index in [4.69, 9.17) is 19.1 Å². The molecule has 0 spiro atoms. The average molecular weight is 461 g/mol. The molecule has 29 heavy (non-hydrogen) atoms. The molecule has 0 radical (unpaired) electrons. The number of halogens is 1. The average Bonchev–Trinajstić information content (AvgIpc) is 3.24. The monoisotopic (exact) mass is 460 g/mol. The van der Waals surface area contributed by atoms with E-state index in [0.717, 1.165) is 16.5 Å². The van der Waals surface area contributed by atoms with Crippen molar-refractivity contribution < 1.29 is 19.1 Å². The number of oxime groups is 2. The molecule has 0 saturated carbocycles. The number of ether oxygens (including phenoxy) is 2. The van der Waals surface area contributed by atoms with Gasteiger partial charge >= 0.3 is 0 Å². The molecule has 0 bridgehead atoms. The Kier molecular flexibility index (Phi) is 6.17. The lowest BCUT2D eigenvalue weighted by atomic mass is 10.1.